The SMILES string of the molecule is CCCCN1C(=O)CCC(C(=O)NCc2cccc(C(=O)NC(C)CC)c2)C1c1ccccc1OC. The predicted octanol–water partition coefficient (Wildman–Crippen LogP) is 4.62. The molecule has 3 unspecified atom stereocenters. The summed E-state index contributed by atoms with van der Waals surface area (Å²) in [5.41, 5.74) is 2.28. The van der Waals surface area contributed by atoms with Gasteiger partial charge in [-0.25, -0.2) is 0 Å². The minimum Gasteiger partial charge on any atom is -0.496 e. The van der Waals surface area contributed by atoms with Crippen LogP contribution in [0.2, 0.25) is 0 Å². The van der Waals surface area contributed by atoms with Gasteiger partial charge in [-0.05, 0) is 49.9 Å². The predicted molar refractivity (Wildman–Crippen MR) is 141 cm³/mol. The standard InChI is InChI=1S/C29H39N3O4/c1-5-7-17-32-26(33)16-15-24(27(32)23-13-8-9-14-25(23)36-4)29(35)30-19-21-11-10-12-22(18-21)28(34)31-20(3)6-2/h8-14,18,20,24,27H,5-7,15-17,19H2,1-4H3,(H,30,35)(H,31,34). The number of rotatable bonds is 11. The molecule has 2 aromatic rings. The molecular formula is C29H39N3O4. The van der Waals surface area contributed by atoms with Gasteiger partial charge >= 0.3 is 0 Å². The summed E-state index contributed by atoms with van der Waals surface area (Å²) in [5, 5.41) is 6.04. The van der Waals surface area contributed by atoms with Gasteiger partial charge in [0.25, 0.3) is 5.91 Å². The molecule has 2 N–H and O–H groups in total. The van der Waals surface area contributed by atoms with E-state index in [1.54, 1.807) is 13.2 Å². The molecule has 2 aromatic carbocycles. The van der Waals surface area contributed by atoms with Crippen LogP contribution in [0.25, 0.3) is 0 Å². The molecule has 0 spiro atoms. The van der Waals surface area contributed by atoms with Gasteiger partial charge < -0.3 is 20.3 Å². The molecule has 1 heterocycles. The van der Waals surface area contributed by atoms with Crippen molar-refractivity contribution < 1.29 is 19.1 Å². The Labute approximate surface area is 214 Å². The van der Waals surface area contributed by atoms with Crippen LogP contribution in [0.15, 0.2) is 48.5 Å². The number of amides is 3. The van der Waals surface area contributed by atoms with Crippen molar-refractivity contribution >= 4 is 17.7 Å². The van der Waals surface area contributed by atoms with Crippen LogP contribution >= 0.6 is 0 Å². The fraction of sp³-hybridized carbons (Fsp3) is 0.483. The minimum absolute atomic E-state index is 0.0726. The highest BCUT2D eigenvalue weighted by atomic mass is 16.5. The number of methoxy groups -OCH3 is 1. The summed E-state index contributed by atoms with van der Waals surface area (Å²) in [6.07, 6.45) is 3.51. The van der Waals surface area contributed by atoms with Crippen molar-refractivity contribution in [1.29, 1.82) is 0 Å². The van der Waals surface area contributed by atoms with Gasteiger partial charge in [0.15, 0.2) is 0 Å². The molecule has 7 heteroatoms. The van der Waals surface area contributed by atoms with Crippen molar-refractivity contribution in [2.24, 2.45) is 5.92 Å². The van der Waals surface area contributed by atoms with E-state index in [2.05, 4.69) is 17.6 Å². The molecule has 3 amide bonds. The van der Waals surface area contributed by atoms with Gasteiger partial charge in [0.2, 0.25) is 11.8 Å². The van der Waals surface area contributed by atoms with Gasteiger partial charge in [0.05, 0.1) is 19.1 Å². The van der Waals surface area contributed by atoms with E-state index >= 15 is 0 Å². The Morgan fingerprint density at radius 2 is 1.92 bits per heavy atom. The van der Waals surface area contributed by atoms with Crippen molar-refractivity contribution in [3.8, 4) is 5.75 Å². The topological polar surface area (TPSA) is 87.7 Å². The van der Waals surface area contributed by atoms with Crippen LogP contribution in [0.4, 0.5) is 0 Å². The summed E-state index contributed by atoms with van der Waals surface area (Å²) in [6, 6.07) is 14.7. The fourth-order valence-electron chi connectivity index (χ4n) is 4.67. The Morgan fingerprint density at radius 1 is 1.14 bits per heavy atom. The van der Waals surface area contributed by atoms with Crippen LogP contribution in [0, 0.1) is 5.92 Å². The Bertz CT molecular complexity index is 1050. The van der Waals surface area contributed by atoms with Crippen LogP contribution < -0.4 is 15.4 Å². The van der Waals surface area contributed by atoms with E-state index in [4.69, 9.17) is 4.74 Å². The summed E-state index contributed by atoms with van der Waals surface area (Å²) < 4.78 is 5.61. The second-order valence-electron chi connectivity index (χ2n) is 9.47. The minimum atomic E-state index is -0.396. The van der Waals surface area contributed by atoms with Crippen molar-refractivity contribution in [2.75, 3.05) is 13.7 Å². The number of ether oxygens (including phenoxy) is 1. The summed E-state index contributed by atoms with van der Waals surface area (Å²) in [7, 11) is 1.61. The van der Waals surface area contributed by atoms with Gasteiger partial charge in [-0.1, -0.05) is 50.6 Å². The Balaban J connectivity index is 1.80. The lowest BCUT2D eigenvalue weighted by Gasteiger charge is -2.41. The monoisotopic (exact) mass is 493 g/mol. The number of nitrogens with one attached hydrogen (secondary N) is 2. The molecule has 194 valence electrons. The van der Waals surface area contributed by atoms with Crippen LogP contribution in [0.1, 0.15) is 80.4 Å². The number of hydrogen-bond acceptors (Lipinski definition) is 4. The molecule has 1 aliphatic rings. The van der Waals surface area contributed by atoms with Crippen molar-refractivity contribution in [3.63, 3.8) is 0 Å². The number of piperidine rings is 1. The third kappa shape index (κ3) is 6.65. The highest BCUT2D eigenvalue weighted by Gasteiger charge is 2.41. The van der Waals surface area contributed by atoms with Crippen molar-refractivity contribution in [3.05, 3.63) is 65.2 Å². The summed E-state index contributed by atoms with van der Waals surface area (Å²) >= 11 is 0. The first kappa shape index (κ1) is 27.2. The number of carbonyl (C=O) groups is 3. The highest BCUT2D eigenvalue weighted by molar-refractivity contribution is 5.94. The first-order chi connectivity index (χ1) is 17.4. The molecule has 1 saturated heterocycles. The molecule has 3 atom stereocenters. The maximum Gasteiger partial charge on any atom is 0.251 e. The smallest absolute Gasteiger partial charge is 0.251 e. The average molecular weight is 494 g/mol. The van der Waals surface area contributed by atoms with E-state index < -0.39 is 5.92 Å². The number of likely N-dealkylation sites (tertiary alicyclic amines) is 1. The van der Waals surface area contributed by atoms with Gasteiger partial charge in [0, 0.05) is 36.7 Å². The van der Waals surface area contributed by atoms with Crippen LogP contribution in [0.5, 0.6) is 5.75 Å². The quantitative estimate of drug-likeness (QED) is 0.478. The lowest BCUT2D eigenvalue weighted by molar-refractivity contribution is -0.143. The van der Waals surface area contributed by atoms with E-state index in [-0.39, 0.29) is 29.8 Å². The van der Waals surface area contributed by atoms with E-state index in [9.17, 15) is 14.4 Å². The van der Waals surface area contributed by atoms with E-state index in [1.165, 1.54) is 0 Å². The van der Waals surface area contributed by atoms with E-state index in [1.807, 2.05) is 61.2 Å². The molecule has 0 aromatic heterocycles. The summed E-state index contributed by atoms with van der Waals surface area (Å²) in [4.78, 5) is 40.8. The lowest BCUT2D eigenvalue weighted by atomic mass is 9.83. The Kier molecular flexibility index (Phi) is 9.91. The normalized spacial score (nSPS) is 18.4. The summed E-state index contributed by atoms with van der Waals surface area (Å²) in [6.45, 7) is 7.00. The molecule has 36 heavy (non-hydrogen) atoms. The third-order valence-corrected chi connectivity index (χ3v) is 6.90. The van der Waals surface area contributed by atoms with Crippen molar-refractivity contribution in [1.82, 2.24) is 15.5 Å². The van der Waals surface area contributed by atoms with Crippen LogP contribution in [-0.4, -0.2) is 42.3 Å². The molecule has 0 saturated carbocycles. The summed E-state index contributed by atoms with van der Waals surface area (Å²) in [5.74, 6) is 0.133. The van der Waals surface area contributed by atoms with Gasteiger partial charge in [-0.2, -0.15) is 0 Å². The zero-order chi connectivity index (χ0) is 26.1. The van der Waals surface area contributed by atoms with E-state index in [0.717, 1.165) is 30.4 Å². The molecule has 7 nitrogen and oxygen atoms in total. The first-order valence-electron chi connectivity index (χ1n) is 13.0. The molecule has 0 radical (unpaired) electrons. The third-order valence-electron chi connectivity index (χ3n) is 6.90. The lowest BCUT2D eigenvalue weighted by Crippen LogP contribution is -2.48. The zero-order valence-electron chi connectivity index (χ0n) is 21.9. The zero-order valence-corrected chi connectivity index (χ0v) is 21.9. The average Bonchev–Trinajstić information content (AvgIpc) is 2.90. The largest absolute Gasteiger partial charge is 0.496 e. The van der Waals surface area contributed by atoms with Crippen molar-refractivity contribution in [2.45, 2.75) is 71.5 Å². The maximum absolute atomic E-state index is 13.5. The van der Waals surface area contributed by atoms with Gasteiger partial charge in [-0.3, -0.25) is 14.4 Å². The van der Waals surface area contributed by atoms with E-state index in [0.29, 0.717) is 37.2 Å². The maximum atomic E-state index is 13.5. The van der Waals surface area contributed by atoms with Gasteiger partial charge in [-0.15, -0.1) is 0 Å². The highest BCUT2D eigenvalue weighted by Crippen LogP contribution is 2.40. The number of nitrogens with zero attached hydrogens (tertiary/aromatic N) is 1. The molecule has 1 aliphatic heterocycles. The number of hydrogen-bond donors (Lipinski definition) is 2. The second-order valence-corrected chi connectivity index (χ2v) is 9.47. The van der Waals surface area contributed by atoms with Gasteiger partial charge in [0.1, 0.15) is 5.75 Å². The molecular weight excluding hydrogens is 454 g/mol. The number of para-hydroxylation sites is 1. The number of benzene rings is 2. The Hall–Kier alpha value is -3.35. The first-order valence-corrected chi connectivity index (χ1v) is 13.0. The second kappa shape index (κ2) is 13.1. The molecule has 3 rings (SSSR count). The van der Waals surface area contributed by atoms with Crippen LogP contribution in [-0.2, 0) is 16.1 Å². The number of carbonyl (C=O) groups excluding carboxylic acids is 3. The number of unbranched alkanes of at least 4 members (excludes halogenated alkanes) is 1. The fourth-order valence-corrected chi connectivity index (χ4v) is 4.67. The molecule has 1 fully saturated rings. The Morgan fingerprint density at radius 3 is 2.64 bits per heavy atom. The molecule has 0 bridgehead atoms. The molecule has 0 aliphatic carbocycles. The van der Waals surface area contributed by atoms with Crippen LogP contribution in [0.3, 0.4) is 0 Å².